The first-order chi connectivity index (χ1) is 8.18. The molecule has 0 radical (unpaired) electrons. The van der Waals surface area contributed by atoms with Crippen molar-refractivity contribution in [2.24, 2.45) is 5.92 Å². The summed E-state index contributed by atoms with van der Waals surface area (Å²) in [7, 11) is 0. The van der Waals surface area contributed by atoms with Crippen molar-refractivity contribution in [2.45, 2.75) is 25.7 Å². The molecule has 0 unspecified atom stereocenters. The van der Waals surface area contributed by atoms with E-state index in [9.17, 15) is 9.90 Å². The summed E-state index contributed by atoms with van der Waals surface area (Å²) in [5.41, 5.74) is 0.953. The summed E-state index contributed by atoms with van der Waals surface area (Å²) in [4.78, 5) is 11.8. The van der Waals surface area contributed by atoms with Gasteiger partial charge < -0.3 is 15.2 Å². The maximum atomic E-state index is 11.8. The minimum atomic E-state index is -0.654. The van der Waals surface area contributed by atoms with E-state index in [-0.39, 0.29) is 18.6 Å². The molecule has 1 fully saturated rings. The van der Waals surface area contributed by atoms with Crippen LogP contribution in [0.1, 0.15) is 12.5 Å². The fourth-order valence-electron chi connectivity index (χ4n) is 1.96. The van der Waals surface area contributed by atoms with Crippen LogP contribution in [0, 0.1) is 5.92 Å². The molecule has 92 valence electrons. The van der Waals surface area contributed by atoms with Crippen molar-refractivity contribution >= 4 is 5.97 Å². The summed E-state index contributed by atoms with van der Waals surface area (Å²) in [6, 6.07) is 9.47. The Hall–Kier alpha value is -1.39. The molecule has 1 aliphatic heterocycles. The lowest BCUT2D eigenvalue weighted by Crippen LogP contribution is -2.31. The van der Waals surface area contributed by atoms with E-state index in [0.717, 1.165) is 5.56 Å². The largest absolute Gasteiger partial charge is 0.460 e. The summed E-state index contributed by atoms with van der Waals surface area (Å²) in [6.45, 7) is 2.60. The van der Waals surface area contributed by atoms with Crippen LogP contribution in [0.15, 0.2) is 30.3 Å². The van der Waals surface area contributed by atoms with Crippen LogP contribution >= 0.6 is 0 Å². The number of carbonyl (C=O) groups is 1. The highest BCUT2D eigenvalue weighted by Gasteiger charge is 2.37. The van der Waals surface area contributed by atoms with E-state index >= 15 is 0 Å². The van der Waals surface area contributed by atoms with Crippen LogP contribution in [-0.2, 0) is 16.1 Å². The number of hydrogen-bond acceptors (Lipinski definition) is 4. The molecule has 0 aromatic heterocycles. The van der Waals surface area contributed by atoms with Gasteiger partial charge in [0.25, 0.3) is 0 Å². The van der Waals surface area contributed by atoms with Crippen molar-refractivity contribution in [2.75, 3.05) is 6.54 Å². The first-order valence-corrected chi connectivity index (χ1v) is 5.80. The van der Waals surface area contributed by atoms with Gasteiger partial charge in [0.15, 0.2) is 0 Å². The summed E-state index contributed by atoms with van der Waals surface area (Å²) >= 11 is 0. The highest BCUT2D eigenvalue weighted by molar-refractivity contribution is 5.74. The normalized spacial score (nSPS) is 28.0. The van der Waals surface area contributed by atoms with Crippen LogP contribution in [-0.4, -0.2) is 29.8 Å². The number of esters is 1. The van der Waals surface area contributed by atoms with E-state index in [1.807, 2.05) is 37.3 Å². The van der Waals surface area contributed by atoms with Crippen molar-refractivity contribution in [3.05, 3.63) is 35.9 Å². The molecule has 0 spiro atoms. The predicted octanol–water partition coefficient (Wildman–Crippen LogP) is 0.699. The average molecular weight is 235 g/mol. The number of carbonyl (C=O) groups excluding carboxylic acids is 1. The first-order valence-electron chi connectivity index (χ1n) is 5.80. The molecule has 0 amide bonds. The second-order valence-electron chi connectivity index (χ2n) is 4.39. The quantitative estimate of drug-likeness (QED) is 0.757. The maximum Gasteiger partial charge on any atom is 0.313 e. The molecular weight excluding hydrogens is 218 g/mol. The number of rotatable bonds is 3. The fraction of sp³-hybridized carbons (Fsp3) is 0.462. The van der Waals surface area contributed by atoms with E-state index in [1.54, 1.807) is 0 Å². The SMILES string of the molecule is C[C@H]1NC[C@@H](C(=O)OCc2ccccc2)[C@@H]1O. The minimum absolute atomic E-state index is 0.0516. The third kappa shape index (κ3) is 2.84. The Bertz CT molecular complexity index is 380. The molecule has 1 aliphatic rings. The minimum Gasteiger partial charge on any atom is -0.460 e. The lowest BCUT2D eigenvalue weighted by Gasteiger charge is -2.14. The highest BCUT2D eigenvalue weighted by atomic mass is 16.5. The standard InChI is InChI=1S/C13H17NO3/c1-9-12(15)11(7-14-9)13(16)17-8-10-5-3-2-4-6-10/h2-6,9,11-12,14-15H,7-8H2,1H3/t9-,11-,12-/m1/s1. The summed E-state index contributed by atoms with van der Waals surface area (Å²) in [6.07, 6.45) is -0.654. The second-order valence-corrected chi connectivity index (χ2v) is 4.39. The van der Waals surface area contributed by atoms with Crippen LogP contribution in [0.5, 0.6) is 0 Å². The number of hydrogen-bond donors (Lipinski definition) is 2. The second kappa shape index (κ2) is 5.29. The van der Waals surface area contributed by atoms with Crippen molar-refractivity contribution in [1.82, 2.24) is 5.32 Å². The number of aliphatic hydroxyl groups excluding tert-OH is 1. The third-order valence-electron chi connectivity index (χ3n) is 3.11. The predicted molar refractivity (Wildman–Crippen MR) is 63.2 cm³/mol. The molecule has 3 atom stereocenters. The molecule has 2 rings (SSSR count). The molecule has 1 heterocycles. The molecule has 17 heavy (non-hydrogen) atoms. The molecule has 1 saturated heterocycles. The summed E-state index contributed by atoms with van der Waals surface area (Å²) < 4.78 is 5.19. The number of nitrogens with one attached hydrogen (secondary N) is 1. The summed E-state index contributed by atoms with van der Waals surface area (Å²) in [5.74, 6) is -0.785. The Labute approximate surface area is 101 Å². The van der Waals surface area contributed by atoms with E-state index in [4.69, 9.17) is 4.74 Å². The zero-order chi connectivity index (χ0) is 12.3. The van der Waals surface area contributed by atoms with Gasteiger partial charge in [0, 0.05) is 12.6 Å². The van der Waals surface area contributed by atoms with Gasteiger partial charge in [-0.1, -0.05) is 30.3 Å². The van der Waals surface area contributed by atoms with Crippen LogP contribution in [0.2, 0.25) is 0 Å². The molecular formula is C13H17NO3. The van der Waals surface area contributed by atoms with Gasteiger partial charge in [-0.2, -0.15) is 0 Å². The molecule has 4 nitrogen and oxygen atoms in total. The van der Waals surface area contributed by atoms with Crippen LogP contribution in [0.4, 0.5) is 0 Å². The van der Waals surface area contributed by atoms with Crippen molar-refractivity contribution in [3.63, 3.8) is 0 Å². The lowest BCUT2D eigenvalue weighted by molar-refractivity contribution is -0.152. The van der Waals surface area contributed by atoms with E-state index in [2.05, 4.69) is 5.32 Å². The van der Waals surface area contributed by atoms with Gasteiger partial charge in [-0.3, -0.25) is 4.79 Å². The van der Waals surface area contributed by atoms with Gasteiger partial charge in [0.05, 0.1) is 12.0 Å². The first kappa shape index (κ1) is 12.1. The summed E-state index contributed by atoms with van der Waals surface area (Å²) in [5, 5.41) is 12.8. The van der Waals surface area contributed by atoms with Gasteiger partial charge in [-0.15, -0.1) is 0 Å². The van der Waals surface area contributed by atoms with Crippen molar-refractivity contribution in [1.29, 1.82) is 0 Å². The van der Waals surface area contributed by atoms with Gasteiger partial charge >= 0.3 is 5.97 Å². The van der Waals surface area contributed by atoms with Gasteiger partial charge in [-0.05, 0) is 12.5 Å². The molecule has 2 N–H and O–H groups in total. The monoisotopic (exact) mass is 235 g/mol. The van der Waals surface area contributed by atoms with Gasteiger partial charge in [-0.25, -0.2) is 0 Å². The Morgan fingerprint density at radius 1 is 1.47 bits per heavy atom. The van der Waals surface area contributed by atoms with Gasteiger partial charge in [0.2, 0.25) is 0 Å². The zero-order valence-corrected chi connectivity index (χ0v) is 9.80. The molecule has 0 aliphatic carbocycles. The smallest absolute Gasteiger partial charge is 0.313 e. The number of ether oxygens (including phenoxy) is 1. The average Bonchev–Trinajstić information content (AvgIpc) is 2.69. The van der Waals surface area contributed by atoms with E-state index < -0.39 is 12.0 Å². The van der Waals surface area contributed by atoms with E-state index in [0.29, 0.717) is 6.54 Å². The van der Waals surface area contributed by atoms with Crippen molar-refractivity contribution in [3.8, 4) is 0 Å². The molecule has 0 saturated carbocycles. The van der Waals surface area contributed by atoms with Crippen LogP contribution in [0.3, 0.4) is 0 Å². The van der Waals surface area contributed by atoms with E-state index in [1.165, 1.54) is 0 Å². The Morgan fingerprint density at radius 3 is 2.76 bits per heavy atom. The number of benzene rings is 1. The third-order valence-corrected chi connectivity index (χ3v) is 3.11. The topological polar surface area (TPSA) is 58.6 Å². The molecule has 0 bridgehead atoms. The number of aliphatic hydroxyl groups is 1. The highest BCUT2D eigenvalue weighted by Crippen LogP contribution is 2.17. The Kier molecular flexibility index (Phi) is 3.76. The Balaban J connectivity index is 1.86. The van der Waals surface area contributed by atoms with Crippen LogP contribution < -0.4 is 5.32 Å². The molecule has 1 aromatic rings. The lowest BCUT2D eigenvalue weighted by atomic mass is 10.0. The van der Waals surface area contributed by atoms with Crippen molar-refractivity contribution < 1.29 is 14.6 Å². The molecule has 4 heteroatoms. The van der Waals surface area contributed by atoms with Crippen LogP contribution in [0.25, 0.3) is 0 Å². The van der Waals surface area contributed by atoms with Gasteiger partial charge in [0.1, 0.15) is 6.61 Å². The Morgan fingerprint density at radius 2 is 2.18 bits per heavy atom. The maximum absolute atomic E-state index is 11.8. The molecule has 1 aromatic carbocycles. The zero-order valence-electron chi connectivity index (χ0n) is 9.80. The fourth-order valence-corrected chi connectivity index (χ4v) is 1.96.